The Bertz CT molecular complexity index is 1430. The van der Waals surface area contributed by atoms with Crippen LogP contribution in [0.5, 0.6) is 11.5 Å². The standard InChI is InChI=1S/C28H26N2O7S/c1-5-14-37-27(34)25-16(3)29-28(38-25)30-22(17-10-12-19(13-11-17)36-6-2)21(24(32)26(30)33)23(31)18-8-7-9-20(15-18)35-4/h5,7-13,15,22,31H,1,6,14H2,2-4H3/b23-21+. The number of aliphatic hydroxyl groups excluding tert-OH is 1. The number of methoxy groups -OCH3 is 1. The van der Waals surface area contributed by atoms with Crippen LogP contribution >= 0.6 is 11.3 Å². The molecule has 196 valence electrons. The minimum atomic E-state index is -1.01. The number of carbonyl (C=O) groups excluding carboxylic acids is 3. The number of rotatable bonds is 9. The summed E-state index contributed by atoms with van der Waals surface area (Å²) >= 11 is 0.930. The summed E-state index contributed by atoms with van der Waals surface area (Å²) in [7, 11) is 1.49. The van der Waals surface area contributed by atoms with Gasteiger partial charge in [0.25, 0.3) is 5.78 Å². The summed E-state index contributed by atoms with van der Waals surface area (Å²) in [5.74, 6) is -1.65. The van der Waals surface area contributed by atoms with Crippen LogP contribution in [0.15, 0.2) is 66.8 Å². The summed E-state index contributed by atoms with van der Waals surface area (Å²) in [6.07, 6.45) is 1.44. The number of carbonyl (C=O) groups is 3. The van der Waals surface area contributed by atoms with Crippen molar-refractivity contribution in [3.8, 4) is 11.5 Å². The van der Waals surface area contributed by atoms with Crippen LogP contribution in [-0.2, 0) is 14.3 Å². The molecule has 1 unspecified atom stereocenters. The monoisotopic (exact) mass is 534 g/mol. The van der Waals surface area contributed by atoms with Gasteiger partial charge in [0.1, 0.15) is 28.7 Å². The second-order valence-corrected chi connectivity index (χ2v) is 9.18. The van der Waals surface area contributed by atoms with Crippen LogP contribution in [0.25, 0.3) is 5.76 Å². The van der Waals surface area contributed by atoms with Crippen molar-refractivity contribution in [3.05, 3.63) is 88.5 Å². The Kier molecular flexibility index (Phi) is 7.92. The fourth-order valence-corrected chi connectivity index (χ4v) is 5.05. The average Bonchev–Trinajstić information content (AvgIpc) is 3.44. The predicted molar refractivity (Wildman–Crippen MR) is 143 cm³/mol. The highest BCUT2D eigenvalue weighted by atomic mass is 32.1. The van der Waals surface area contributed by atoms with Gasteiger partial charge in [-0.3, -0.25) is 14.5 Å². The van der Waals surface area contributed by atoms with Crippen molar-refractivity contribution in [1.29, 1.82) is 0 Å². The SMILES string of the molecule is C=CCOC(=O)c1sc(N2C(=O)C(=O)/C(=C(/O)c3cccc(OC)c3)C2c2ccc(OCC)cc2)nc1C. The topological polar surface area (TPSA) is 115 Å². The molecule has 38 heavy (non-hydrogen) atoms. The van der Waals surface area contributed by atoms with E-state index in [-0.39, 0.29) is 27.9 Å². The van der Waals surface area contributed by atoms with Gasteiger partial charge in [0.15, 0.2) is 5.13 Å². The molecule has 0 spiro atoms. The number of ether oxygens (including phenoxy) is 3. The first kappa shape index (κ1) is 26.6. The fourth-order valence-electron chi connectivity index (χ4n) is 4.06. The molecule has 10 heteroatoms. The lowest BCUT2D eigenvalue weighted by Gasteiger charge is -2.23. The van der Waals surface area contributed by atoms with Gasteiger partial charge in [0, 0.05) is 5.56 Å². The maximum absolute atomic E-state index is 13.4. The highest BCUT2D eigenvalue weighted by molar-refractivity contribution is 7.17. The number of aromatic nitrogens is 1. The third kappa shape index (κ3) is 5.03. The van der Waals surface area contributed by atoms with Crippen LogP contribution in [0.2, 0.25) is 0 Å². The van der Waals surface area contributed by atoms with Gasteiger partial charge >= 0.3 is 11.9 Å². The van der Waals surface area contributed by atoms with E-state index in [9.17, 15) is 19.5 Å². The second kappa shape index (κ2) is 11.3. The number of ketones is 1. The maximum Gasteiger partial charge on any atom is 0.350 e. The van der Waals surface area contributed by atoms with E-state index in [0.717, 1.165) is 11.3 Å². The van der Waals surface area contributed by atoms with Crippen LogP contribution in [0.3, 0.4) is 0 Å². The molecule has 2 heterocycles. The van der Waals surface area contributed by atoms with E-state index in [1.165, 1.54) is 18.1 Å². The van der Waals surface area contributed by atoms with Gasteiger partial charge in [-0.15, -0.1) is 0 Å². The van der Waals surface area contributed by atoms with Gasteiger partial charge < -0.3 is 19.3 Å². The molecule has 0 bridgehead atoms. The number of aryl methyl sites for hydroxylation is 1. The van der Waals surface area contributed by atoms with Crippen molar-refractivity contribution >= 4 is 39.9 Å². The lowest BCUT2D eigenvalue weighted by molar-refractivity contribution is -0.132. The highest BCUT2D eigenvalue weighted by Gasteiger charge is 2.48. The Balaban J connectivity index is 1.88. The number of benzene rings is 2. The molecule has 3 aromatic rings. The number of thiazole rings is 1. The Labute approximate surface area is 223 Å². The lowest BCUT2D eigenvalue weighted by Crippen LogP contribution is -2.29. The molecule has 9 nitrogen and oxygen atoms in total. The van der Waals surface area contributed by atoms with Gasteiger partial charge in [-0.2, -0.15) is 0 Å². The molecule has 2 aromatic carbocycles. The summed E-state index contributed by atoms with van der Waals surface area (Å²) in [6, 6.07) is 12.4. The first-order valence-electron chi connectivity index (χ1n) is 11.7. The van der Waals surface area contributed by atoms with E-state index in [4.69, 9.17) is 14.2 Å². The van der Waals surface area contributed by atoms with Crippen LogP contribution in [-0.4, -0.2) is 48.1 Å². The zero-order valence-electron chi connectivity index (χ0n) is 21.1. The molecule has 1 fully saturated rings. The number of esters is 1. The summed E-state index contributed by atoms with van der Waals surface area (Å²) in [6.45, 7) is 7.49. The number of hydrogen-bond donors (Lipinski definition) is 1. The predicted octanol–water partition coefficient (Wildman–Crippen LogP) is 4.83. The van der Waals surface area contributed by atoms with E-state index < -0.39 is 23.7 Å². The van der Waals surface area contributed by atoms with Crippen molar-refractivity contribution in [2.75, 3.05) is 25.2 Å². The third-order valence-corrected chi connectivity index (χ3v) is 6.94. The van der Waals surface area contributed by atoms with E-state index in [1.54, 1.807) is 55.5 Å². The molecule has 4 rings (SSSR count). The Morgan fingerprint density at radius 2 is 1.92 bits per heavy atom. The van der Waals surface area contributed by atoms with Crippen LogP contribution in [0.1, 0.15) is 39.5 Å². The highest BCUT2D eigenvalue weighted by Crippen LogP contribution is 2.44. The maximum atomic E-state index is 13.4. The Morgan fingerprint density at radius 3 is 2.58 bits per heavy atom. The third-order valence-electron chi connectivity index (χ3n) is 5.80. The first-order valence-corrected chi connectivity index (χ1v) is 12.6. The fraction of sp³-hybridized carbons (Fsp3) is 0.214. The molecular weight excluding hydrogens is 508 g/mol. The molecule has 0 aliphatic carbocycles. The molecule has 1 aromatic heterocycles. The number of aliphatic hydroxyl groups is 1. The van der Waals surface area contributed by atoms with Crippen molar-refractivity contribution < 1.29 is 33.7 Å². The first-order chi connectivity index (χ1) is 18.3. The van der Waals surface area contributed by atoms with Crippen molar-refractivity contribution in [2.24, 2.45) is 0 Å². The second-order valence-electron chi connectivity index (χ2n) is 8.20. The van der Waals surface area contributed by atoms with Gasteiger partial charge in [-0.1, -0.05) is 48.3 Å². The molecule has 1 amide bonds. The van der Waals surface area contributed by atoms with Gasteiger partial charge in [0.05, 0.1) is 31.0 Å². The number of hydrogen-bond acceptors (Lipinski definition) is 9. The molecule has 0 radical (unpaired) electrons. The van der Waals surface area contributed by atoms with Crippen molar-refractivity contribution in [1.82, 2.24) is 4.98 Å². The number of nitrogens with zero attached hydrogens (tertiary/aromatic N) is 2. The molecule has 1 aliphatic heterocycles. The zero-order chi connectivity index (χ0) is 27.4. The molecular formula is C28H26N2O7S. The van der Waals surface area contributed by atoms with E-state index in [2.05, 4.69) is 11.6 Å². The van der Waals surface area contributed by atoms with Crippen molar-refractivity contribution in [3.63, 3.8) is 0 Å². The molecule has 1 N–H and O–H groups in total. The number of amides is 1. The summed E-state index contributed by atoms with van der Waals surface area (Å²) < 4.78 is 15.9. The van der Waals surface area contributed by atoms with Crippen LogP contribution < -0.4 is 14.4 Å². The van der Waals surface area contributed by atoms with Crippen molar-refractivity contribution in [2.45, 2.75) is 19.9 Å². The minimum absolute atomic E-state index is 0.0166. The van der Waals surface area contributed by atoms with E-state index in [1.807, 2.05) is 6.92 Å². The lowest BCUT2D eigenvalue weighted by atomic mass is 9.95. The smallest absolute Gasteiger partial charge is 0.350 e. The van der Waals surface area contributed by atoms with E-state index >= 15 is 0 Å². The summed E-state index contributed by atoms with van der Waals surface area (Å²) in [4.78, 5) is 45.1. The number of Topliss-reactive ketones (excluding diaryl/α,β-unsaturated/α-hetero) is 1. The summed E-state index contributed by atoms with van der Waals surface area (Å²) in [5, 5.41) is 11.4. The largest absolute Gasteiger partial charge is 0.507 e. The van der Waals surface area contributed by atoms with Crippen LogP contribution in [0, 0.1) is 6.92 Å². The van der Waals surface area contributed by atoms with Gasteiger partial charge in [-0.25, -0.2) is 9.78 Å². The molecule has 0 saturated carbocycles. The quantitative estimate of drug-likeness (QED) is 0.137. The van der Waals surface area contributed by atoms with E-state index in [0.29, 0.717) is 34.9 Å². The van der Waals surface area contributed by atoms with Gasteiger partial charge in [-0.05, 0) is 43.7 Å². The zero-order valence-corrected chi connectivity index (χ0v) is 21.9. The average molecular weight is 535 g/mol. The molecule has 1 saturated heterocycles. The van der Waals surface area contributed by atoms with Crippen LogP contribution in [0.4, 0.5) is 5.13 Å². The minimum Gasteiger partial charge on any atom is -0.507 e. The Hall–Kier alpha value is -4.44. The molecule has 1 atom stereocenters. The number of anilines is 1. The normalized spacial score (nSPS) is 16.4. The Morgan fingerprint density at radius 1 is 1.18 bits per heavy atom. The molecule has 1 aliphatic rings. The van der Waals surface area contributed by atoms with Gasteiger partial charge in [0.2, 0.25) is 0 Å². The summed E-state index contributed by atoms with van der Waals surface area (Å²) in [5.41, 5.74) is 1.08.